The molecule has 0 atom stereocenters. The van der Waals surface area contributed by atoms with Gasteiger partial charge in [0.1, 0.15) is 17.2 Å². The lowest BCUT2D eigenvalue weighted by molar-refractivity contribution is -0.644. The molecule has 0 fully saturated rings. The third-order valence-electron chi connectivity index (χ3n) is 3.76. The maximum absolute atomic E-state index is 10.8. The highest BCUT2D eigenvalue weighted by Gasteiger charge is 2.09. The van der Waals surface area contributed by atoms with Gasteiger partial charge in [-0.15, -0.1) is 0 Å². The minimum atomic E-state index is -4.33. The number of hydrogen-bond donors (Lipinski definition) is 0. The quantitative estimate of drug-likeness (QED) is 0.504. The molecule has 0 aliphatic heterocycles. The van der Waals surface area contributed by atoms with Gasteiger partial charge >= 0.3 is 0 Å². The van der Waals surface area contributed by atoms with Gasteiger partial charge in [0.05, 0.1) is 4.90 Å². The van der Waals surface area contributed by atoms with Gasteiger partial charge in [-0.1, -0.05) is 29.8 Å². The molecule has 3 aromatic rings. The SMILES string of the molecule is C[n+]1cccc2ccccc21.Cc1cc(C)c(S(=O)(=O)[O-])c(C)c1. The molecular formula is C19H21NO3S. The van der Waals surface area contributed by atoms with Gasteiger partial charge in [-0.3, -0.25) is 0 Å². The van der Waals surface area contributed by atoms with Crippen LogP contribution in [0, 0.1) is 20.8 Å². The van der Waals surface area contributed by atoms with Crippen molar-refractivity contribution in [2.24, 2.45) is 7.05 Å². The van der Waals surface area contributed by atoms with E-state index >= 15 is 0 Å². The summed E-state index contributed by atoms with van der Waals surface area (Å²) in [6.07, 6.45) is 2.06. The van der Waals surface area contributed by atoms with Crippen LogP contribution in [-0.4, -0.2) is 13.0 Å². The summed E-state index contributed by atoms with van der Waals surface area (Å²) in [7, 11) is -2.27. The van der Waals surface area contributed by atoms with Crippen LogP contribution in [0.4, 0.5) is 0 Å². The van der Waals surface area contributed by atoms with Crippen molar-refractivity contribution < 1.29 is 17.5 Å². The highest BCUT2D eigenvalue weighted by atomic mass is 32.2. The lowest BCUT2D eigenvalue weighted by atomic mass is 10.1. The number of aryl methyl sites for hydroxylation is 4. The molecule has 0 saturated heterocycles. The highest BCUT2D eigenvalue weighted by Crippen LogP contribution is 2.20. The molecule has 0 aliphatic rings. The molecule has 3 rings (SSSR count). The lowest BCUT2D eigenvalue weighted by Crippen LogP contribution is -2.27. The van der Waals surface area contributed by atoms with Gasteiger partial charge in [0.15, 0.2) is 6.20 Å². The molecule has 0 aliphatic carbocycles. The second kappa shape index (κ2) is 7.11. The van der Waals surface area contributed by atoms with E-state index in [1.807, 2.05) is 6.92 Å². The molecule has 0 unspecified atom stereocenters. The number of para-hydroxylation sites is 1. The van der Waals surface area contributed by atoms with E-state index < -0.39 is 10.1 Å². The van der Waals surface area contributed by atoms with Gasteiger partial charge in [0.25, 0.3) is 0 Å². The van der Waals surface area contributed by atoms with E-state index in [4.69, 9.17) is 0 Å². The van der Waals surface area contributed by atoms with Gasteiger partial charge < -0.3 is 4.55 Å². The summed E-state index contributed by atoms with van der Waals surface area (Å²) in [5.41, 5.74) is 3.28. The van der Waals surface area contributed by atoms with Gasteiger partial charge in [-0.2, -0.15) is 0 Å². The fourth-order valence-electron chi connectivity index (χ4n) is 2.87. The maximum atomic E-state index is 10.8. The lowest BCUT2D eigenvalue weighted by Gasteiger charge is -2.14. The Labute approximate surface area is 143 Å². The minimum Gasteiger partial charge on any atom is -0.744 e. The Morgan fingerprint density at radius 1 is 0.917 bits per heavy atom. The van der Waals surface area contributed by atoms with Crippen LogP contribution in [0.15, 0.2) is 59.6 Å². The predicted molar refractivity (Wildman–Crippen MR) is 93.7 cm³/mol. The molecule has 5 heteroatoms. The summed E-state index contributed by atoms with van der Waals surface area (Å²) in [6, 6.07) is 15.9. The fourth-order valence-corrected chi connectivity index (χ4v) is 3.77. The third kappa shape index (κ3) is 4.19. The zero-order valence-electron chi connectivity index (χ0n) is 14.3. The second-order valence-electron chi connectivity index (χ2n) is 5.86. The van der Waals surface area contributed by atoms with Gasteiger partial charge in [-0.05, 0) is 44.0 Å². The first kappa shape index (κ1) is 18.1. The van der Waals surface area contributed by atoms with Crippen molar-refractivity contribution in [3.05, 3.63) is 71.4 Å². The van der Waals surface area contributed by atoms with Crippen LogP contribution in [0.3, 0.4) is 0 Å². The number of fused-ring (bicyclic) bond motifs is 1. The van der Waals surface area contributed by atoms with Gasteiger partial charge in [-0.25, -0.2) is 13.0 Å². The van der Waals surface area contributed by atoms with Crippen molar-refractivity contribution in [2.75, 3.05) is 0 Å². The van der Waals surface area contributed by atoms with E-state index in [0.717, 1.165) is 5.56 Å². The Hall–Kier alpha value is -2.24. The fraction of sp³-hybridized carbons (Fsp3) is 0.211. The molecule has 0 N–H and O–H groups in total. The van der Waals surface area contributed by atoms with Crippen LogP contribution < -0.4 is 4.57 Å². The molecular weight excluding hydrogens is 322 g/mol. The van der Waals surface area contributed by atoms with E-state index in [-0.39, 0.29) is 4.90 Å². The summed E-state index contributed by atoms with van der Waals surface area (Å²) in [5, 5.41) is 1.29. The zero-order chi connectivity index (χ0) is 17.9. The molecule has 4 nitrogen and oxygen atoms in total. The van der Waals surface area contributed by atoms with E-state index in [1.54, 1.807) is 26.0 Å². The Balaban J connectivity index is 0.000000175. The number of nitrogens with zero attached hydrogens (tertiary/aromatic N) is 1. The minimum absolute atomic E-state index is 0.0851. The van der Waals surface area contributed by atoms with Crippen LogP contribution in [0.5, 0.6) is 0 Å². The van der Waals surface area contributed by atoms with E-state index in [9.17, 15) is 13.0 Å². The Kier molecular flexibility index (Phi) is 5.36. The first-order valence-corrected chi connectivity index (χ1v) is 8.98. The zero-order valence-corrected chi connectivity index (χ0v) is 15.1. The molecule has 24 heavy (non-hydrogen) atoms. The molecule has 126 valence electrons. The molecule has 2 aromatic carbocycles. The van der Waals surface area contributed by atoms with Crippen LogP contribution in [0.1, 0.15) is 16.7 Å². The summed E-state index contributed by atoms with van der Waals surface area (Å²) in [6.45, 7) is 5.12. The van der Waals surface area contributed by atoms with Crippen molar-refractivity contribution >= 4 is 21.0 Å². The first-order chi connectivity index (χ1) is 11.2. The third-order valence-corrected chi connectivity index (χ3v) is 4.90. The van der Waals surface area contributed by atoms with Crippen molar-refractivity contribution in [1.29, 1.82) is 0 Å². The standard InChI is InChI=1S/C10H10N.C9H12O3S/c1-11-8-4-6-9-5-2-3-7-10(9)11;1-6-4-7(2)9(8(3)5-6)13(10,11)12/h2-8H,1H3;4-5H,1-3H3,(H,10,11,12)/q+1;/p-1. The Bertz CT molecular complexity index is 951. The Morgan fingerprint density at radius 2 is 1.46 bits per heavy atom. The average Bonchev–Trinajstić information content (AvgIpc) is 2.46. The van der Waals surface area contributed by atoms with Crippen molar-refractivity contribution in [3.8, 4) is 0 Å². The summed E-state index contributed by atoms with van der Waals surface area (Å²) >= 11 is 0. The molecule has 0 amide bonds. The van der Waals surface area contributed by atoms with Crippen LogP contribution in [0.25, 0.3) is 10.9 Å². The average molecular weight is 343 g/mol. The molecule has 1 aromatic heterocycles. The van der Waals surface area contributed by atoms with E-state index in [1.165, 1.54) is 10.9 Å². The monoisotopic (exact) mass is 343 g/mol. The molecule has 0 spiro atoms. The van der Waals surface area contributed by atoms with Crippen molar-refractivity contribution in [1.82, 2.24) is 0 Å². The number of hydrogen-bond acceptors (Lipinski definition) is 3. The molecule has 0 bridgehead atoms. The normalized spacial score (nSPS) is 11.0. The maximum Gasteiger partial charge on any atom is 0.212 e. The van der Waals surface area contributed by atoms with Gasteiger partial charge in [0.2, 0.25) is 5.52 Å². The number of pyridine rings is 1. The van der Waals surface area contributed by atoms with Crippen molar-refractivity contribution in [2.45, 2.75) is 25.7 Å². The number of aromatic nitrogens is 1. The van der Waals surface area contributed by atoms with Gasteiger partial charge in [0, 0.05) is 17.5 Å². The highest BCUT2D eigenvalue weighted by molar-refractivity contribution is 7.85. The second-order valence-corrected chi connectivity index (χ2v) is 7.18. The largest absolute Gasteiger partial charge is 0.744 e. The first-order valence-electron chi connectivity index (χ1n) is 7.57. The van der Waals surface area contributed by atoms with Crippen molar-refractivity contribution in [3.63, 3.8) is 0 Å². The topological polar surface area (TPSA) is 61.1 Å². The number of benzene rings is 2. The van der Waals surface area contributed by atoms with Crippen LogP contribution >= 0.6 is 0 Å². The van der Waals surface area contributed by atoms with Crippen LogP contribution in [0.2, 0.25) is 0 Å². The van der Waals surface area contributed by atoms with E-state index in [0.29, 0.717) is 11.1 Å². The van der Waals surface area contributed by atoms with E-state index in [2.05, 4.69) is 54.2 Å². The Morgan fingerprint density at radius 3 is 2.00 bits per heavy atom. The molecule has 1 heterocycles. The van der Waals surface area contributed by atoms with Crippen LogP contribution in [-0.2, 0) is 17.2 Å². The summed E-state index contributed by atoms with van der Waals surface area (Å²) < 4.78 is 34.6. The predicted octanol–water partition coefficient (Wildman–Crippen LogP) is 3.18. The molecule has 0 radical (unpaired) electrons. The molecule has 0 saturated carbocycles. The summed E-state index contributed by atoms with van der Waals surface area (Å²) in [4.78, 5) is -0.0851. The summed E-state index contributed by atoms with van der Waals surface area (Å²) in [5.74, 6) is 0. The number of rotatable bonds is 1. The smallest absolute Gasteiger partial charge is 0.212 e.